The highest BCUT2D eigenvalue weighted by molar-refractivity contribution is 5.90. The number of rotatable bonds is 10. The zero-order chi connectivity index (χ0) is 31.4. The quantitative estimate of drug-likeness (QED) is 0.305. The van der Waals surface area contributed by atoms with Crippen LogP contribution in [0.2, 0.25) is 0 Å². The third-order valence-electron chi connectivity index (χ3n) is 7.58. The van der Waals surface area contributed by atoms with E-state index in [0.29, 0.717) is 44.8 Å². The van der Waals surface area contributed by atoms with Crippen LogP contribution in [0.25, 0.3) is 0 Å². The van der Waals surface area contributed by atoms with Gasteiger partial charge in [0.05, 0.1) is 13.5 Å². The van der Waals surface area contributed by atoms with E-state index in [9.17, 15) is 24.0 Å². The molecule has 4 amide bonds. The van der Waals surface area contributed by atoms with E-state index in [2.05, 4.69) is 10.6 Å². The van der Waals surface area contributed by atoms with Gasteiger partial charge in [-0.25, -0.2) is 9.59 Å². The summed E-state index contributed by atoms with van der Waals surface area (Å²) in [6.45, 7) is 6.99. The molecular weight excluding hydrogens is 556 g/mol. The van der Waals surface area contributed by atoms with E-state index in [4.69, 9.17) is 14.2 Å². The van der Waals surface area contributed by atoms with Crippen molar-refractivity contribution in [3.8, 4) is 0 Å². The van der Waals surface area contributed by atoms with Gasteiger partial charge in [-0.05, 0) is 70.8 Å². The lowest BCUT2D eigenvalue weighted by Gasteiger charge is -2.37. The Morgan fingerprint density at radius 3 is 2.33 bits per heavy atom. The van der Waals surface area contributed by atoms with Gasteiger partial charge in [0, 0.05) is 26.1 Å². The number of hydrogen-bond donors (Lipinski definition) is 2. The van der Waals surface area contributed by atoms with E-state index in [1.165, 1.54) is 7.11 Å². The highest BCUT2D eigenvalue weighted by atomic mass is 16.6. The van der Waals surface area contributed by atoms with Crippen molar-refractivity contribution in [1.82, 2.24) is 20.4 Å². The summed E-state index contributed by atoms with van der Waals surface area (Å²) in [5.41, 5.74) is 0.153. The molecule has 1 unspecified atom stereocenters. The number of likely N-dealkylation sites (tertiary alicyclic amines) is 2. The molecule has 2 fully saturated rings. The van der Waals surface area contributed by atoms with Crippen LogP contribution in [-0.4, -0.2) is 84.3 Å². The maximum Gasteiger partial charge on any atom is 0.410 e. The van der Waals surface area contributed by atoms with Crippen molar-refractivity contribution in [3.05, 3.63) is 35.9 Å². The van der Waals surface area contributed by atoms with E-state index in [0.717, 1.165) is 31.2 Å². The standard InChI is InChI=1S/C31H46N4O8/c1-31(2,3)43-29(39)32-24(20-27(37)41-4)28(38)33-25-12-8-9-17-35(25)26(36)14-13-22-15-18-34(19-16-22)30(40)42-21-23-10-6-5-7-11-23/h5-7,10-11,22,24-25H,8-9,12-21H2,1-4H3,(H,32,39)(H,33,38)/t24-,25?/m0/s1. The highest BCUT2D eigenvalue weighted by Crippen LogP contribution is 2.24. The maximum atomic E-state index is 13.3. The molecule has 0 bridgehead atoms. The van der Waals surface area contributed by atoms with Crippen LogP contribution in [0.15, 0.2) is 30.3 Å². The van der Waals surface area contributed by atoms with Gasteiger partial charge in [-0.1, -0.05) is 30.3 Å². The third kappa shape index (κ3) is 11.4. The molecule has 0 aliphatic carbocycles. The van der Waals surface area contributed by atoms with Crippen LogP contribution in [-0.2, 0) is 35.2 Å². The number of methoxy groups -OCH3 is 1. The fourth-order valence-electron chi connectivity index (χ4n) is 5.24. The Morgan fingerprint density at radius 2 is 1.67 bits per heavy atom. The smallest absolute Gasteiger partial charge is 0.410 e. The Kier molecular flexibility index (Phi) is 12.6. The Hall–Kier alpha value is -3.83. The first kappa shape index (κ1) is 33.7. The van der Waals surface area contributed by atoms with E-state index in [1.54, 1.807) is 30.6 Å². The van der Waals surface area contributed by atoms with Crippen molar-refractivity contribution in [2.24, 2.45) is 5.92 Å². The lowest BCUT2D eigenvalue weighted by Crippen LogP contribution is -2.58. The summed E-state index contributed by atoms with van der Waals surface area (Å²) >= 11 is 0. The number of hydrogen-bond acceptors (Lipinski definition) is 8. The number of ether oxygens (including phenoxy) is 3. The average Bonchev–Trinajstić information content (AvgIpc) is 2.98. The molecule has 238 valence electrons. The molecule has 1 aromatic rings. The number of alkyl carbamates (subject to hydrolysis) is 1. The topological polar surface area (TPSA) is 144 Å². The van der Waals surface area contributed by atoms with E-state index < -0.39 is 35.8 Å². The Morgan fingerprint density at radius 1 is 0.977 bits per heavy atom. The number of carbonyl (C=O) groups is 5. The van der Waals surface area contributed by atoms with Crippen LogP contribution < -0.4 is 10.6 Å². The van der Waals surface area contributed by atoms with Crippen molar-refractivity contribution in [2.75, 3.05) is 26.7 Å². The van der Waals surface area contributed by atoms with Crippen LogP contribution in [0.1, 0.15) is 77.7 Å². The molecule has 2 atom stereocenters. The molecular formula is C31H46N4O8. The molecule has 3 rings (SSSR count). The monoisotopic (exact) mass is 602 g/mol. The van der Waals surface area contributed by atoms with E-state index in [-0.39, 0.29) is 25.0 Å². The highest BCUT2D eigenvalue weighted by Gasteiger charge is 2.33. The Bertz CT molecular complexity index is 1100. The van der Waals surface area contributed by atoms with Crippen molar-refractivity contribution < 1.29 is 38.2 Å². The van der Waals surface area contributed by atoms with E-state index in [1.807, 2.05) is 30.3 Å². The van der Waals surface area contributed by atoms with Crippen molar-refractivity contribution in [2.45, 2.75) is 96.6 Å². The summed E-state index contributed by atoms with van der Waals surface area (Å²) in [7, 11) is 1.20. The molecule has 12 heteroatoms. The van der Waals surface area contributed by atoms with Crippen LogP contribution >= 0.6 is 0 Å². The zero-order valence-corrected chi connectivity index (χ0v) is 25.8. The fraction of sp³-hybridized carbons (Fsp3) is 0.645. The summed E-state index contributed by atoms with van der Waals surface area (Å²) < 4.78 is 15.4. The number of piperidine rings is 2. The van der Waals surface area contributed by atoms with Gasteiger partial charge in [-0.2, -0.15) is 0 Å². The van der Waals surface area contributed by atoms with Gasteiger partial charge in [0.15, 0.2) is 0 Å². The molecule has 0 radical (unpaired) electrons. The van der Waals surface area contributed by atoms with Crippen molar-refractivity contribution in [3.63, 3.8) is 0 Å². The SMILES string of the molecule is COC(=O)C[C@H](NC(=O)OC(C)(C)C)C(=O)NC1CCCCN1C(=O)CCC1CCN(C(=O)OCc2ccccc2)CC1. The van der Waals surface area contributed by atoms with Gasteiger partial charge in [0.2, 0.25) is 11.8 Å². The second-order valence-electron chi connectivity index (χ2n) is 12.1. The molecule has 0 saturated carbocycles. The van der Waals surface area contributed by atoms with Crippen LogP contribution in [0.3, 0.4) is 0 Å². The van der Waals surface area contributed by atoms with Gasteiger partial charge in [0.1, 0.15) is 24.4 Å². The molecule has 1 aromatic carbocycles. The summed E-state index contributed by atoms with van der Waals surface area (Å²) in [5, 5.41) is 5.31. The molecule has 2 N–H and O–H groups in total. The Labute approximate surface area is 253 Å². The van der Waals surface area contributed by atoms with Gasteiger partial charge in [-0.3, -0.25) is 14.4 Å². The predicted octanol–water partition coefficient (Wildman–Crippen LogP) is 3.73. The molecule has 0 spiro atoms. The number of amides is 4. The molecule has 2 aliphatic rings. The van der Waals surface area contributed by atoms with Crippen molar-refractivity contribution in [1.29, 1.82) is 0 Å². The van der Waals surface area contributed by atoms with E-state index >= 15 is 0 Å². The molecule has 0 aromatic heterocycles. The predicted molar refractivity (Wildman–Crippen MR) is 157 cm³/mol. The minimum atomic E-state index is -1.22. The average molecular weight is 603 g/mol. The summed E-state index contributed by atoms with van der Waals surface area (Å²) in [5.74, 6) is -1.00. The Balaban J connectivity index is 1.48. The van der Waals surface area contributed by atoms with Gasteiger partial charge < -0.3 is 34.6 Å². The van der Waals surface area contributed by atoms with Gasteiger partial charge >= 0.3 is 18.2 Å². The second kappa shape index (κ2) is 16.1. The summed E-state index contributed by atoms with van der Waals surface area (Å²) in [4.78, 5) is 66.6. The number of nitrogens with one attached hydrogen (secondary N) is 2. The third-order valence-corrected chi connectivity index (χ3v) is 7.58. The summed E-state index contributed by atoms with van der Waals surface area (Å²) in [6, 6.07) is 8.33. The first-order valence-corrected chi connectivity index (χ1v) is 15.1. The number of esters is 1. The molecule has 2 aliphatic heterocycles. The number of nitrogens with zero attached hydrogens (tertiary/aromatic N) is 2. The second-order valence-corrected chi connectivity index (χ2v) is 12.1. The zero-order valence-electron chi connectivity index (χ0n) is 25.8. The molecule has 2 saturated heterocycles. The lowest BCUT2D eigenvalue weighted by molar-refractivity contribution is -0.144. The van der Waals surface area contributed by atoms with Crippen LogP contribution in [0, 0.1) is 5.92 Å². The molecule has 43 heavy (non-hydrogen) atoms. The van der Waals surface area contributed by atoms with Crippen LogP contribution in [0.4, 0.5) is 9.59 Å². The molecule has 2 heterocycles. The number of carbonyl (C=O) groups excluding carboxylic acids is 5. The largest absolute Gasteiger partial charge is 0.469 e. The van der Waals surface area contributed by atoms with Crippen LogP contribution in [0.5, 0.6) is 0 Å². The first-order valence-electron chi connectivity index (χ1n) is 15.1. The fourth-order valence-corrected chi connectivity index (χ4v) is 5.24. The minimum absolute atomic E-state index is 0.0562. The minimum Gasteiger partial charge on any atom is -0.469 e. The first-order chi connectivity index (χ1) is 20.4. The normalized spacial score (nSPS) is 18.3. The summed E-state index contributed by atoms with van der Waals surface area (Å²) in [6.07, 6.45) is 2.75. The number of benzene rings is 1. The van der Waals surface area contributed by atoms with Gasteiger partial charge in [-0.15, -0.1) is 0 Å². The van der Waals surface area contributed by atoms with Gasteiger partial charge in [0.25, 0.3) is 0 Å². The van der Waals surface area contributed by atoms with Crippen molar-refractivity contribution >= 4 is 30.0 Å². The maximum absolute atomic E-state index is 13.3. The lowest BCUT2D eigenvalue weighted by atomic mass is 9.92. The molecule has 12 nitrogen and oxygen atoms in total.